The highest BCUT2D eigenvalue weighted by Gasteiger charge is 2.69. The molecule has 0 aromatic carbocycles. The summed E-state index contributed by atoms with van der Waals surface area (Å²) in [5.74, 6) is -1.04. The maximum atomic E-state index is 12.6. The lowest BCUT2D eigenvalue weighted by atomic mass is 9.92. The van der Waals surface area contributed by atoms with E-state index in [4.69, 9.17) is 0 Å². The Balaban J connectivity index is 1.88. The lowest BCUT2D eigenvalue weighted by Crippen LogP contribution is -2.48. The largest absolute Gasteiger partial charge is 0.480 e. The highest BCUT2D eigenvalue weighted by atomic mass is 32.1. The number of rotatable bonds is 4. The van der Waals surface area contributed by atoms with Crippen LogP contribution >= 0.6 is 11.3 Å². The minimum absolute atomic E-state index is 0.101. The topological polar surface area (TPSA) is 66.4 Å². The van der Waals surface area contributed by atoms with Crippen LogP contribution in [0.15, 0.2) is 17.5 Å². The first-order valence-electron chi connectivity index (χ1n) is 6.44. The number of hydrogen-bond donors (Lipinski definition) is 2. The van der Waals surface area contributed by atoms with Crippen LogP contribution in [0.1, 0.15) is 38.0 Å². The van der Waals surface area contributed by atoms with Crippen molar-refractivity contribution in [2.75, 3.05) is 0 Å². The average molecular weight is 279 g/mol. The number of hydrogen-bond acceptors (Lipinski definition) is 3. The Hall–Kier alpha value is -1.36. The highest BCUT2D eigenvalue weighted by Crippen LogP contribution is 2.65. The van der Waals surface area contributed by atoms with Gasteiger partial charge in [0.1, 0.15) is 5.54 Å². The summed E-state index contributed by atoms with van der Waals surface area (Å²) in [5.41, 5.74) is -1.64. The highest BCUT2D eigenvalue weighted by molar-refractivity contribution is 7.10. The molecule has 1 amide bonds. The van der Waals surface area contributed by atoms with E-state index >= 15 is 0 Å². The molecule has 2 fully saturated rings. The molecule has 2 saturated carbocycles. The Bertz CT molecular complexity index is 545. The standard InChI is InChI=1S/C14H17NO3S/c1-12(2)8-14(12,9-4-3-7-19-9)10(16)15-13(5-6-13)11(17)18/h3-4,7H,5-6,8H2,1-2H3,(H,15,16)(H,17,18)/t14-/m1/s1. The maximum absolute atomic E-state index is 12.6. The zero-order chi connectivity index (χ0) is 13.9. The van der Waals surface area contributed by atoms with Gasteiger partial charge in [0.05, 0.1) is 5.41 Å². The van der Waals surface area contributed by atoms with Gasteiger partial charge in [-0.1, -0.05) is 19.9 Å². The second-order valence-corrected chi connectivity index (χ2v) is 7.23. The van der Waals surface area contributed by atoms with Crippen LogP contribution in [0, 0.1) is 5.41 Å². The third-order valence-corrected chi connectivity index (χ3v) is 5.61. The van der Waals surface area contributed by atoms with E-state index in [1.165, 1.54) is 0 Å². The molecule has 2 N–H and O–H groups in total. The lowest BCUT2D eigenvalue weighted by Gasteiger charge is -2.22. The minimum Gasteiger partial charge on any atom is -0.480 e. The average Bonchev–Trinajstić information content (AvgIpc) is 3.13. The van der Waals surface area contributed by atoms with E-state index in [1.807, 2.05) is 17.5 Å². The van der Waals surface area contributed by atoms with Crippen molar-refractivity contribution in [3.05, 3.63) is 22.4 Å². The molecule has 102 valence electrons. The van der Waals surface area contributed by atoms with Crippen molar-refractivity contribution in [3.63, 3.8) is 0 Å². The fourth-order valence-electron chi connectivity index (χ4n) is 2.90. The second-order valence-electron chi connectivity index (χ2n) is 6.28. The summed E-state index contributed by atoms with van der Waals surface area (Å²) in [4.78, 5) is 24.9. The van der Waals surface area contributed by atoms with Gasteiger partial charge >= 0.3 is 5.97 Å². The van der Waals surface area contributed by atoms with Crippen molar-refractivity contribution >= 4 is 23.2 Å². The van der Waals surface area contributed by atoms with Gasteiger partial charge < -0.3 is 10.4 Å². The Morgan fingerprint density at radius 2 is 2.00 bits per heavy atom. The summed E-state index contributed by atoms with van der Waals surface area (Å²) in [6.45, 7) is 4.12. The molecule has 5 heteroatoms. The molecule has 2 aliphatic carbocycles. The van der Waals surface area contributed by atoms with Crippen LogP contribution in [0.2, 0.25) is 0 Å². The van der Waals surface area contributed by atoms with Crippen molar-refractivity contribution in [1.29, 1.82) is 0 Å². The fraction of sp³-hybridized carbons (Fsp3) is 0.571. The number of carboxylic acid groups (broad SMARTS) is 1. The summed E-state index contributed by atoms with van der Waals surface area (Å²) in [5, 5.41) is 13.9. The Morgan fingerprint density at radius 3 is 2.37 bits per heavy atom. The fourth-order valence-corrected chi connectivity index (χ4v) is 4.00. The number of carbonyl (C=O) groups excluding carboxylic acids is 1. The summed E-state index contributed by atoms with van der Waals surface area (Å²) < 4.78 is 0. The summed E-state index contributed by atoms with van der Waals surface area (Å²) in [6.07, 6.45) is 1.85. The van der Waals surface area contributed by atoms with Crippen LogP contribution in [-0.4, -0.2) is 22.5 Å². The molecule has 0 unspecified atom stereocenters. The number of aliphatic carboxylic acids is 1. The van der Waals surface area contributed by atoms with E-state index < -0.39 is 16.9 Å². The zero-order valence-electron chi connectivity index (χ0n) is 11.0. The van der Waals surface area contributed by atoms with Crippen molar-refractivity contribution in [1.82, 2.24) is 5.32 Å². The van der Waals surface area contributed by atoms with Gasteiger partial charge in [-0.3, -0.25) is 4.79 Å². The molecule has 0 spiro atoms. The van der Waals surface area contributed by atoms with Crippen LogP contribution in [0.5, 0.6) is 0 Å². The predicted octanol–water partition coefficient (Wildman–Crippen LogP) is 2.15. The van der Waals surface area contributed by atoms with Gasteiger partial charge in [0, 0.05) is 4.88 Å². The molecule has 1 aromatic heterocycles. The van der Waals surface area contributed by atoms with Crippen molar-refractivity contribution in [2.45, 2.75) is 44.1 Å². The van der Waals surface area contributed by atoms with Gasteiger partial charge in [0.25, 0.3) is 0 Å². The minimum atomic E-state index is -1.000. The van der Waals surface area contributed by atoms with Gasteiger partial charge in [-0.25, -0.2) is 4.79 Å². The molecule has 0 radical (unpaired) electrons. The number of carbonyl (C=O) groups is 2. The molecule has 0 aliphatic heterocycles. The smallest absolute Gasteiger partial charge is 0.329 e. The molecule has 1 atom stereocenters. The number of nitrogens with one attached hydrogen (secondary N) is 1. The molecule has 4 nitrogen and oxygen atoms in total. The number of amides is 1. The van der Waals surface area contributed by atoms with Crippen molar-refractivity contribution < 1.29 is 14.7 Å². The van der Waals surface area contributed by atoms with Crippen LogP contribution in [-0.2, 0) is 15.0 Å². The van der Waals surface area contributed by atoms with E-state index in [0.29, 0.717) is 12.8 Å². The second kappa shape index (κ2) is 3.60. The molecule has 1 heterocycles. The van der Waals surface area contributed by atoms with Crippen molar-refractivity contribution in [3.8, 4) is 0 Å². The first-order valence-corrected chi connectivity index (χ1v) is 7.32. The van der Waals surface area contributed by atoms with E-state index in [-0.39, 0.29) is 11.3 Å². The van der Waals surface area contributed by atoms with Crippen LogP contribution in [0.25, 0.3) is 0 Å². The van der Waals surface area contributed by atoms with E-state index in [2.05, 4.69) is 19.2 Å². The molecule has 2 aliphatic rings. The molecule has 0 bridgehead atoms. The van der Waals surface area contributed by atoms with Crippen LogP contribution in [0.4, 0.5) is 0 Å². The quantitative estimate of drug-likeness (QED) is 0.887. The predicted molar refractivity (Wildman–Crippen MR) is 72.1 cm³/mol. The normalized spacial score (nSPS) is 29.6. The SMILES string of the molecule is CC1(C)C[C@]1(C(=O)NC1(C(=O)O)CC1)c1cccs1. The third-order valence-electron chi connectivity index (χ3n) is 4.58. The molecular weight excluding hydrogens is 262 g/mol. The number of thiophene rings is 1. The maximum Gasteiger partial charge on any atom is 0.329 e. The molecule has 19 heavy (non-hydrogen) atoms. The monoisotopic (exact) mass is 279 g/mol. The van der Waals surface area contributed by atoms with Crippen LogP contribution < -0.4 is 5.32 Å². The van der Waals surface area contributed by atoms with E-state index in [1.54, 1.807) is 11.3 Å². The lowest BCUT2D eigenvalue weighted by molar-refractivity contribution is -0.143. The third kappa shape index (κ3) is 1.64. The van der Waals surface area contributed by atoms with Gasteiger partial charge in [0.15, 0.2) is 0 Å². The number of carboxylic acids is 1. The molecule has 0 saturated heterocycles. The first kappa shape index (κ1) is 12.7. The van der Waals surface area contributed by atoms with Crippen LogP contribution in [0.3, 0.4) is 0 Å². The summed E-state index contributed by atoms with van der Waals surface area (Å²) >= 11 is 1.57. The summed E-state index contributed by atoms with van der Waals surface area (Å²) in [7, 11) is 0. The molecule has 1 aromatic rings. The summed E-state index contributed by atoms with van der Waals surface area (Å²) in [6, 6.07) is 3.91. The van der Waals surface area contributed by atoms with E-state index in [9.17, 15) is 14.7 Å². The van der Waals surface area contributed by atoms with Gasteiger partial charge in [-0.05, 0) is 36.1 Å². The van der Waals surface area contributed by atoms with Gasteiger partial charge in [-0.2, -0.15) is 0 Å². The zero-order valence-corrected chi connectivity index (χ0v) is 11.8. The van der Waals surface area contributed by atoms with Gasteiger partial charge in [0.2, 0.25) is 5.91 Å². The van der Waals surface area contributed by atoms with Gasteiger partial charge in [-0.15, -0.1) is 11.3 Å². The Morgan fingerprint density at radius 1 is 1.37 bits per heavy atom. The molecular formula is C14H17NO3S. The van der Waals surface area contributed by atoms with E-state index in [0.717, 1.165) is 11.3 Å². The Kier molecular flexibility index (Phi) is 2.40. The van der Waals surface area contributed by atoms with Crippen molar-refractivity contribution in [2.24, 2.45) is 5.41 Å². The molecule has 3 rings (SSSR count). The first-order chi connectivity index (χ1) is 8.84. The Labute approximate surface area is 115 Å².